The van der Waals surface area contributed by atoms with Crippen LogP contribution in [0, 0.1) is 0 Å². The van der Waals surface area contributed by atoms with Crippen molar-refractivity contribution in [1.82, 2.24) is 40.4 Å². The quantitative estimate of drug-likeness (QED) is 0.694. The van der Waals surface area contributed by atoms with E-state index in [4.69, 9.17) is 0 Å². The normalized spacial score (nSPS) is 19.0. The summed E-state index contributed by atoms with van der Waals surface area (Å²) in [4.78, 5) is 25.5. The van der Waals surface area contributed by atoms with E-state index in [0.717, 1.165) is 31.5 Å². The average Bonchev–Trinajstić information content (AvgIpc) is 3.43. The minimum atomic E-state index is -0.0858. The zero-order chi connectivity index (χ0) is 19.1. The first-order valence-corrected chi connectivity index (χ1v) is 9.55. The van der Waals surface area contributed by atoms with E-state index < -0.39 is 0 Å². The Morgan fingerprint density at radius 3 is 2.79 bits per heavy atom. The van der Waals surface area contributed by atoms with Gasteiger partial charge in [-0.2, -0.15) is 5.21 Å². The monoisotopic (exact) mass is 378 g/mol. The van der Waals surface area contributed by atoms with Crippen LogP contribution >= 0.6 is 0 Å². The van der Waals surface area contributed by atoms with Gasteiger partial charge >= 0.3 is 0 Å². The summed E-state index contributed by atoms with van der Waals surface area (Å²) in [5.41, 5.74) is 3.61. The lowest BCUT2D eigenvalue weighted by atomic mass is 9.79. The number of carbonyl (C=O) groups excluding carboxylic acids is 1. The molecule has 0 radical (unpaired) electrons. The van der Waals surface area contributed by atoms with Crippen molar-refractivity contribution >= 4 is 5.91 Å². The standard InChI is InChI=1S/C19H22N8O/c1-26-9-6-15-16(21-12-20-15)19(26)7-10-27(11-8-19)18(28)14-5-3-2-4-13(14)17-22-24-25-23-17/h2-5,12H,6-11H2,1H3,(H,20,21)(H,22,23,24,25). The Balaban J connectivity index is 1.40. The number of likely N-dealkylation sites (tertiary alicyclic amines) is 1. The van der Waals surface area contributed by atoms with Crippen molar-refractivity contribution in [2.75, 3.05) is 26.7 Å². The molecule has 2 N–H and O–H groups in total. The highest BCUT2D eigenvalue weighted by atomic mass is 16.2. The highest BCUT2D eigenvalue weighted by Crippen LogP contribution is 2.41. The zero-order valence-electron chi connectivity index (χ0n) is 15.7. The van der Waals surface area contributed by atoms with Gasteiger partial charge in [-0.15, -0.1) is 10.2 Å². The molecule has 2 aromatic heterocycles. The second kappa shape index (κ2) is 6.52. The zero-order valence-corrected chi connectivity index (χ0v) is 15.7. The molecule has 2 aliphatic rings. The maximum atomic E-state index is 13.3. The first-order valence-electron chi connectivity index (χ1n) is 9.55. The number of fused-ring (bicyclic) bond motifs is 2. The number of likely N-dealkylation sites (N-methyl/N-ethyl adjacent to an activating group) is 1. The van der Waals surface area contributed by atoms with Gasteiger partial charge in [0, 0.05) is 37.3 Å². The number of piperidine rings is 1. The van der Waals surface area contributed by atoms with E-state index in [1.165, 1.54) is 5.69 Å². The molecule has 1 saturated heterocycles. The van der Waals surface area contributed by atoms with E-state index in [9.17, 15) is 4.79 Å². The number of hydrogen-bond acceptors (Lipinski definition) is 6. The Morgan fingerprint density at radius 2 is 2.00 bits per heavy atom. The average molecular weight is 378 g/mol. The fourth-order valence-corrected chi connectivity index (χ4v) is 4.60. The number of H-pyrrole nitrogens is 2. The molecule has 28 heavy (non-hydrogen) atoms. The van der Waals surface area contributed by atoms with Crippen LogP contribution in [0.3, 0.4) is 0 Å². The van der Waals surface area contributed by atoms with Crippen molar-refractivity contribution < 1.29 is 4.79 Å². The van der Waals surface area contributed by atoms with Gasteiger partial charge in [0.15, 0.2) is 0 Å². The van der Waals surface area contributed by atoms with Gasteiger partial charge in [0.05, 0.1) is 23.1 Å². The van der Waals surface area contributed by atoms with Gasteiger partial charge in [-0.1, -0.05) is 18.2 Å². The van der Waals surface area contributed by atoms with Gasteiger partial charge in [0.2, 0.25) is 5.82 Å². The van der Waals surface area contributed by atoms with Crippen molar-refractivity contribution in [2.24, 2.45) is 0 Å². The summed E-state index contributed by atoms with van der Waals surface area (Å²) in [6.45, 7) is 2.38. The van der Waals surface area contributed by atoms with Crippen molar-refractivity contribution in [2.45, 2.75) is 24.8 Å². The molecule has 0 saturated carbocycles. The van der Waals surface area contributed by atoms with Crippen molar-refractivity contribution in [3.63, 3.8) is 0 Å². The molecule has 5 rings (SSSR count). The van der Waals surface area contributed by atoms with Gasteiger partial charge in [-0.25, -0.2) is 4.98 Å². The minimum Gasteiger partial charge on any atom is -0.348 e. The molecule has 144 valence electrons. The number of carbonyl (C=O) groups is 1. The molecule has 1 spiro atoms. The summed E-state index contributed by atoms with van der Waals surface area (Å²) in [7, 11) is 2.17. The number of benzene rings is 1. The number of amides is 1. The second-order valence-corrected chi connectivity index (χ2v) is 7.51. The lowest BCUT2D eigenvalue weighted by molar-refractivity contribution is 0.0226. The molecule has 1 aromatic carbocycles. The molecule has 0 bridgehead atoms. The fraction of sp³-hybridized carbons (Fsp3) is 0.421. The van der Waals surface area contributed by atoms with E-state index in [0.29, 0.717) is 30.0 Å². The Hall–Kier alpha value is -3.07. The van der Waals surface area contributed by atoms with Crippen LogP contribution in [-0.2, 0) is 12.0 Å². The third kappa shape index (κ3) is 2.54. The largest absolute Gasteiger partial charge is 0.348 e. The second-order valence-electron chi connectivity index (χ2n) is 7.51. The highest BCUT2D eigenvalue weighted by Gasteiger charge is 2.45. The van der Waals surface area contributed by atoms with Crippen LogP contribution < -0.4 is 0 Å². The van der Waals surface area contributed by atoms with Crippen molar-refractivity contribution in [1.29, 1.82) is 0 Å². The SMILES string of the molecule is CN1CCc2[nH]cnc2C12CCN(C(=O)c1ccccc1-c1nn[nH]n1)CC2. The molecule has 1 amide bonds. The Kier molecular flexibility index (Phi) is 3.97. The topological polar surface area (TPSA) is 107 Å². The third-order valence-electron chi connectivity index (χ3n) is 6.21. The van der Waals surface area contributed by atoms with E-state index in [2.05, 4.69) is 42.5 Å². The van der Waals surface area contributed by atoms with Gasteiger partial charge in [-0.05, 0) is 31.2 Å². The lowest BCUT2D eigenvalue weighted by Crippen LogP contribution is -2.55. The molecule has 1 fully saturated rings. The summed E-state index contributed by atoms with van der Waals surface area (Å²) >= 11 is 0. The summed E-state index contributed by atoms with van der Waals surface area (Å²) < 4.78 is 0. The van der Waals surface area contributed by atoms with Gasteiger partial charge in [0.25, 0.3) is 5.91 Å². The Morgan fingerprint density at radius 1 is 1.18 bits per heavy atom. The van der Waals surface area contributed by atoms with Crippen LogP contribution in [0.15, 0.2) is 30.6 Å². The molecule has 0 aliphatic carbocycles. The van der Waals surface area contributed by atoms with Gasteiger partial charge in [-0.3, -0.25) is 9.69 Å². The first kappa shape index (κ1) is 17.1. The number of tetrazole rings is 1. The molecule has 0 unspecified atom stereocenters. The third-order valence-corrected chi connectivity index (χ3v) is 6.21. The van der Waals surface area contributed by atoms with Gasteiger partial charge in [0.1, 0.15) is 0 Å². The number of imidazole rings is 1. The van der Waals surface area contributed by atoms with E-state index in [-0.39, 0.29) is 11.4 Å². The molecule has 0 atom stereocenters. The predicted molar refractivity (Wildman–Crippen MR) is 101 cm³/mol. The summed E-state index contributed by atoms with van der Waals surface area (Å²) in [6.07, 6.45) is 4.54. The number of aromatic amines is 2. The van der Waals surface area contributed by atoms with E-state index in [1.807, 2.05) is 29.2 Å². The smallest absolute Gasteiger partial charge is 0.254 e. The molecule has 9 nitrogen and oxygen atoms in total. The highest BCUT2D eigenvalue weighted by molar-refractivity contribution is 6.00. The van der Waals surface area contributed by atoms with Crippen LogP contribution in [0.5, 0.6) is 0 Å². The Bertz CT molecular complexity index is 987. The van der Waals surface area contributed by atoms with E-state index >= 15 is 0 Å². The number of aromatic nitrogens is 6. The minimum absolute atomic E-state index is 0.0102. The van der Waals surface area contributed by atoms with Crippen molar-refractivity contribution in [3.8, 4) is 11.4 Å². The summed E-state index contributed by atoms with van der Waals surface area (Å²) in [5.74, 6) is 0.446. The number of nitrogens with one attached hydrogen (secondary N) is 2. The number of hydrogen-bond donors (Lipinski definition) is 2. The van der Waals surface area contributed by atoms with Crippen LogP contribution in [0.25, 0.3) is 11.4 Å². The lowest BCUT2D eigenvalue weighted by Gasteiger charge is -2.49. The maximum Gasteiger partial charge on any atom is 0.254 e. The van der Waals surface area contributed by atoms with Gasteiger partial charge < -0.3 is 9.88 Å². The van der Waals surface area contributed by atoms with Crippen LogP contribution in [-0.4, -0.2) is 73.0 Å². The number of nitrogens with zero attached hydrogens (tertiary/aromatic N) is 6. The Labute approximate surface area is 162 Å². The van der Waals surface area contributed by atoms with E-state index in [1.54, 1.807) is 6.33 Å². The maximum absolute atomic E-state index is 13.3. The molecule has 3 aromatic rings. The van der Waals surface area contributed by atoms with Crippen LogP contribution in [0.2, 0.25) is 0 Å². The summed E-state index contributed by atoms with van der Waals surface area (Å²) in [6, 6.07) is 7.43. The van der Waals surface area contributed by atoms with Crippen LogP contribution in [0.1, 0.15) is 34.6 Å². The molecule has 4 heterocycles. The van der Waals surface area contributed by atoms with Crippen molar-refractivity contribution in [3.05, 3.63) is 47.5 Å². The first-order chi connectivity index (χ1) is 13.7. The number of rotatable bonds is 2. The predicted octanol–water partition coefficient (Wildman–Crippen LogP) is 1.21. The molecular weight excluding hydrogens is 356 g/mol. The summed E-state index contributed by atoms with van der Waals surface area (Å²) in [5, 5.41) is 14.1. The van der Waals surface area contributed by atoms with Crippen LogP contribution in [0.4, 0.5) is 0 Å². The molecular formula is C19H22N8O. The fourth-order valence-electron chi connectivity index (χ4n) is 4.60. The molecule has 9 heteroatoms. The molecule has 2 aliphatic heterocycles.